The molecule has 1 aromatic carbocycles. The molecule has 0 heterocycles. The lowest BCUT2D eigenvalue weighted by molar-refractivity contribution is 0.0988. The Kier molecular flexibility index (Phi) is 5.33. The predicted molar refractivity (Wildman–Crippen MR) is 66.6 cm³/mol. The van der Waals surface area contributed by atoms with Gasteiger partial charge in [0, 0.05) is 17.9 Å². The van der Waals surface area contributed by atoms with E-state index in [-0.39, 0.29) is 5.78 Å². The number of alkyl halides is 1. The number of Topliss-reactive ketones (excluding diaryl/α,β-unsaturated/α-hetero) is 1. The van der Waals surface area contributed by atoms with Crippen molar-refractivity contribution >= 4 is 17.4 Å². The van der Waals surface area contributed by atoms with E-state index in [9.17, 15) is 4.79 Å². The second-order valence-electron chi connectivity index (χ2n) is 3.69. The zero-order valence-corrected chi connectivity index (χ0v) is 10.5. The van der Waals surface area contributed by atoms with Gasteiger partial charge in [0.25, 0.3) is 0 Å². The topological polar surface area (TPSA) is 26.3 Å². The zero-order valence-electron chi connectivity index (χ0n) is 9.75. The minimum Gasteiger partial charge on any atom is -0.494 e. The molecule has 0 aliphatic rings. The number of rotatable bonds is 6. The molecule has 0 fully saturated rings. The minimum atomic E-state index is 0.0922. The molecule has 2 nitrogen and oxygen atoms in total. The third-order valence-electron chi connectivity index (χ3n) is 2.29. The standard InChI is InChI=1S/C13H17ClO2/c1-3-8-16-11-4-5-12(10(2)9-11)13(15)6-7-14/h4-5,9H,3,6-8H2,1-2H3. The van der Waals surface area contributed by atoms with Gasteiger partial charge in [-0.3, -0.25) is 4.79 Å². The van der Waals surface area contributed by atoms with Gasteiger partial charge in [0.1, 0.15) is 5.75 Å². The van der Waals surface area contributed by atoms with Crippen LogP contribution in [0.1, 0.15) is 35.7 Å². The molecule has 0 aromatic heterocycles. The van der Waals surface area contributed by atoms with E-state index in [1.54, 1.807) is 0 Å². The highest BCUT2D eigenvalue weighted by Gasteiger charge is 2.08. The summed E-state index contributed by atoms with van der Waals surface area (Å²) in [6.07, 6.45) is 1.36. The van der Waals surface area contributed by atoms with Crippen molar-refractivity contribution in [1.82, 2.24) is 0 Å². The summed E-state index contributed by atoms with van der Waals surface area (Å²) < 4.78 is 5.49. The fourth-order valence-electron chi connectivity index (χ4n) is 1.48. The molecule has 0 aliphatic heterocycles. The van der Waals surface area contributed by atoms with Crippen LogP contribution in [0.2, 0.25) is 0 Å². The van der Waals surface area contributed by atoms with Crippen LogP contribution in [0, 0.1) is 6.92 Å². The van der Waals surface area contributed by atoms with Crippen LogP contribution in [0.5, 0.6) is 5.75 Å². The molecule has 1 rings (SSSR count). The summed E-state index contributed by atoms with van der Waals surface area (Å²) in [5.41, 5.74) is 1.69. The number of carbonyl (C=O) groups excluding carboxylic acids is 1. The molecule has 0 bridgehead atoms. The van der Waals surface area contributed by atoms with Gasteiger partial charge in [0.15, 0.2) is 5.78 Å². The molecule has 0 N–H and O–H groups in total. The van der Waals surface area contributed by atoms with Crippen LogP contribution in [0.3, 0.4) is 0 Å². The summed E-state index contributed by atoms with van der Waals surface area (Å²) in [7, 11) is 0. The number of ketones is 1. The molecule has 0 atom stereocenters. The first-order valence-electron chi connectivity index (χ1n) is 5.51. The number of ether oxygens (including phenoxy) is 1. The predicted octanol–water partition coefficient (Wildman–Crippen LogP) is 3.60. The van der Waals surface area contributed by atoms with Gasteiger partial charge < -0.3 is 4.74 Å². The molecule has 0 saturated heterocycles. The Hall–Kier alpha value is -1.02. The molecule has 0 saturated carbocycles. The number of halogens is 1. The molecule has 1 aromatic rings. The summed E-state index contributed by atoms with van der Waals surface area (Å²) in [6, 6.07) is 5.55. The van der Waals surface area contributed by atoms with Crippen LogP contribution < -0.4 is 4.74 Å². The Morgan fingerprint density at radius 3 is 2.75 bits per heavy atom. The number of carbonyl (C=O) groups is 1. The molecule has 16 heavy (non-hydrogen) atoms. The van der Waals surface area contributed by atoms with E-state index < -0.39 is 0 Å². The second kappa shape index (κ2) is 6.54. The third kappa shape index (κ3) is 3.53. The van der Waals surface area contributed by atoms with E-state index in [0.717, 1.165) is 23.3 Å². The molecular weight excluding hydrogens is 224 g/mol. The van der Waals surface area contributed by atoms with Crippen LogP contribution in [-0.2, 0) is 0 Å². The maximum atomic E-state index is 11.7. The molecule has 3 heteroatoms. The van der Waals surface area contributed by atoms with Gasteiger partial charge >= 0.3 is 0 Å². The van der Waals surface area contributed by atoms with Crippen molar-refractivity contribution in [2.45, 2.75) is 26.7 Å². The van der Waals surface area contributed by atoms with Crippen molar-refractivity contribution in [1.29, 1.82) is 0 Å². The molecular formula is C13H17ClO2. The van der Waals surface area contributed by atoms with Crippen molar-refractivity contribution in [2.24, 2.45) is 0 Å². The quantitative estimate of drug-likeness (QED) is 0.561. The smallest absolute Gasteiger partial charge is 0.164 e. The van der Waals surface area contributed by atoms with Gasteiger partial charge in [-0.15, -0.1) is 11.6 Å². The average molecular weight is 241 g/mol. The zero-order chi connectivity index (χ0) is 12.0. The van der Waals surface area contributed by atoms with E-state index >= 15 is 0 Å². The van der Waals surface area contributed by atoms with E-state index in [4.69, 9.17) is 16.3 Å². The molecule has 0 spiro atoms. The summed E-state index contributed by atoms with van der Waals surface area (Å²) in [6.45, 7) is 4.68. The van der Waals surface area contributed by atoms with Gasteiger partial charge in [0.05, 0.1) is 6.61 Å². The maximum Gasteiger partial charge on any atom is 0.164 e. The van der Waals surface area contributed by atoms with E-state index in [1.165, 1.54) is 0 Å². The first kappa shape index (κ1) is 13.0. The van der Waals surface area contributed by atoms with Crippen molar-refractivity contribution in [3.8, 4) is 5.75 Å². The van der Waals surface area contributed by atoms with Crippen LogP contribution in [0.15, 0.2) is 18.2 Å². The van der Waals surface area contributed by atoms with E-state index in [0.29, 0.717) is 18.9 Å². The van der Waals surface area contributed by atoms with Crippen molar-refractivity contribution < 1.29 is 9.53 Å². The SMILES string of the molecule is CCCOc1ccc(C(=O)CCCl)c(C)c1. The summed E-state index contributed by atoms with van der Waals surface area (Å²) in [5, 5.41) is 0. The largest absolute Gasteiger partial charge is 0.494 e. The van der Waals surface area contributed by atoms with E-state index in [1.807, 2.05) is 25.1 Å². The fourth-order valence-corrected chi connectivity index (χ4v) is 1.65. The fraction of sp³-hybridized carbons (Fsp3) is 0.462. The molecule has 0 unspecified atom stereocenters. The minimum absolute atomic E-state index is 0.0922. The number of hydrogen-bond acceptors (Lipinski definition) is 2. The van der Waals surface area contributed by atoms with Gasteiger partial charge in [-0.05, 0) is 37.1 Å². The van der Waals surface area contributed by atoms with Crippen LogP contribution in [-0.4, -0.2) is 18.3 Å². The van der Waals surface area contributed by atoms with Gasteiger partial charge in [-0.1, -0.05) is 6.92 Å². The summed E-state index contributed by atoms with van der Waals surface area (Å²) in [4.78, 5) is 11.7. The maximum absolute atomic E-state index is 11.7. The molecule has 0 amide bonds. The average Bonchev–Trinajstić information content (AvgIpc) is 2.26. The van der Waals surface area contributed by atoms with Gasteiger partial charge in [-0.2, -0.15) is 0 Å². The first-order valence-corrected chi connectivity index (χ1v) is 6.05. The van der Waals surface area contributed by atoms with Crippen LogP contribution in [0.25, 0.3) is 0 Å². The second-order valence-corrected chi connectivity index (χ2v) is 4.07. The Balaban J connectivity index is 2.78. The van der Waals surface area contributed by atoms with Gasteiger partial charge in [0.2, 0.25) is 0 Å². The molecule has 0 radical (unpaired) electrons. The van der Waals surface area contributed by atoms with Crippen LogP contribution >= 0.6 is 11.6 Å². The molecule has 0 aliphatic carbocycles. The first-order chi connectivity index (χ1) is 7.69. The lowest BCUT2D eigenvalue weighted by Crippen LogP contribution is -2.03. The van der Waals surface area contributed by atoms with Crippen molar-refractivity contribution in [2.75, 3.05) is 12.5 Å². The Bertz CT molecular complexity index is 361. The van der Waals surface area contributed by atoms with Crippen LogP contribution in [0.4, 0.5) is 0 Å². The highest BCUT2D eigenvalue weighted by atomic mass is 35.5. The normalized spacial score (nSPS) is 10.2. The van der Waals surface area contributed by atoms with E-state index in [2.05, 4.69) is 6.92 Å². The lowest BCUT2D eigenvalue weighted by atomic mass is 10.0. The number of benzene rings is 1. The highest BCUT2D eigenvalue weighted by molar-refractivity contribution is 6.19. The highest BCUT2D eigenvalue weighted by Crippen LogP contribution is 2.18. The lowest BCUT2D eigenvalue weighted by Gasteiger charge is -2.08. The number of hydrogen-bond donors (Lipinski definition) is 0. The summed E-state index contributed by atoms with van der Waals surface area (Å²) >= 11 is 5.55. The summed E-state index contributed by atoms with van der Waals surface area (Å²) in [5.74, 6) is 1.28. The Morgan fingerprint density at radius 1 is 1.44 bits per heavy atom. The monoisotopic (exact) mass is 240 g/mol. The van der Waals surface area contributed by atoms with Gasteiger partial charge in [-0.25, -0.2) is 0 Å². The Labute approximate surface area is 102 Å². The number of aryl methyl sites for hydroxylation is 1. The van der Waals surface area contributed by atoms with Crippen molar-refractivity contribution in [3.63, 3.8) is 0 Å². The molecule has 88 valence electrons. The Morgan fingerprint density at radius 2 is 2.19 bits per heavy atom. The van der Waals surface area contributed by atoms with Crippen molar-refractivity contribution in [3.05, 3.63) is 29.3 Å². The third-order valence-corrected chi connectivity index (χ3v) is 2.48.